The lowest BCUT2D eigenvalue weighted by Gasteiger charge is -2.25. The van der Waals surface area contributed by atoms with Gasteiger partial charge in [0, 0.05) is 5.69 Å². The Hall–Kier alpha value is -2.41. The van der Waals surface area contributed by atoms with Crippen LogP contribution >= 0.6 is 12.2 Å². The predicted molar refractivity (Wildman–Crippen MR) is 96.9 cm³/mol. The Morgan fingerprint density at radius 1 is 1.19 bits per heavy atom. The third kappa shape index (κ3) is 3.72. The summed E-state index contributed by atoms with van der Waals surface area (Å²) in [4.78, 5) is 12.2. The van der Waals surface area contributed by atoms with Gasteiger partial charge in [0.1, 0.15) is 5.92 Å². The van der Waals surface area contributed by atoms with Crippen LogP contribution in [0.1, 0.15) is 18.1 Å². The van der Waals surface area contributed by atoms with Crippen molar-refractivity contribution in [3.05, 3.63) is 53.6 Å². The lowest BCUT2D eigenvalue weighted by atomic mass is 9.91. The molecule has 1 unspecified atom stereocenters. The van der Waals surface area contributed by atoms with Gasteiger partial charge in [-0.15, -0.1) is 0 Å². The van der Waals surface area contributed by atoms with Crippen molar-refractivity contribution >= 4 is 28.9 Å². The van der Waals surface area contributed by atoms with Crippen molar-refractivity contribution in [1.29, 1.82) is 0 Å². The first kappa shape index (κ1) is 18.4. The highest BCUT2D eigenvalue weighted by molar-refractivity contribution is 7.80. The molecule has 3 rings (SSSR count). The standard InChI is InChI=1S/C19H16F3NO2S/c1-2-25-18(26)15-10-13-9-12(5-8-16(13)23-17(15)24)11-3-6-14(7-4-11)19(20,21)22/h3-9,15H,2,10H2,1H3,(H,23,24). The first-order valence-corrected chi connectivity index (χ1v) is 8.48. The number of alkyl halides is 3. The van der Waals surface area contributed by atoms with Gasteiger partial charge in [-0.2, -0.15) is 13.2 Å². The fourth-order valence-corrected chi connectivity index (χ4v) is 3.19. The summed E-state index contributed by atoms with van der Waals surface area (Å²) in [5.74, 6) is -0.765. The molecule has 0 radical (unpaired) electrons. The van der Waals surface area contributed by atoms with E-state index in [9.17, 15) is 18.0 Å². The van der Waals surface area contributed by atoms with Crippen LogP contribution in [0.25, 0.3) is 11.1 Å². The minimum atomic E-state index is -4.36. The summed E-state index contributed by atoms with van der Waals surface area (Å²) >= 11 is 5.17. The quantitative estimate of drug-likeness (QED) is 0.775. The van der Waals surface area contributed by atoms with E-state index in [0.29, 0.717) is 24.3 Å². The smallest absolute Gasteiger partial charge is 0.416 e. The van der Waals surface area contributed by atoms with Crippen LogP contribution in [0.15, 0.2) is 42.5 Å². The summed E-state index contributed by atoms with van der Waals surface area (Å²) in [6, 6.07) is 10.4. The SMILES string of the molecule is CCOC(=S)C1Cc2cc(-c3ccc(C(F)(F)F)cc3)ccc2NC1=O. The van der Waals surface area contributed by atoms with Crippen molar-refractivity contribution in [2.45, 2.75) is 19.5 Å². The monoisotopic (exact) mass is 379 g/mol. The zero-order chi connectivity index (χ0) is 18.9. The van der Waals surface area contributed by atoms with Gasteiger partial charge >= 0.3 is 6.18 Å². The molecule has 1 aliphatic heterocycles. The molecule has 2 aromatic rings. The second-order valence-electron chi connectivity index (χ2n) is 5.95. The van der Waals surface area contributed by atoms with Crippen molar-refractivity contribution in [2.24, 2.45) is 5.92 Å². The first-order valence-electron chi connectivity index (χ1n) is 8.07. The minimum absolute atomic E-state index is 0.210. The number of halogens is 3. The molecule has 0 aliphatic carbocycles. The number of rotatable bonds is 3. The average Bonchev–Trinajstić information content (AvgIpc) is 2.60. The summed E-state index contributed by atoms with van der Waals surface area (Å²) in [7, 11) is 0. The van der Waals surface area contributed by atoms with Crippen LogP contribution in [0.3, 0.4) is 0 Å². The Morgan fingerprint density at radius 2 is 1.85 bits per heavy atom. The van der Waals surface area contributed by atoms with Crippen molar-refractivity contribution < 1.29 is 22.7 Å². The average molecular weight is 379 g/mol. The number of benzene rings is 2. The molecule has 7 heteroatoms. The van der Waals surface area contributed by atoms with Gasteiger partial charge in [-0.3, -0.25) is 4.79 Å². The number of amides is 1. The Bertz CT molecular complexity index is 847. The van der Waals surface area contributed by atoms with E-state index in [4.69, 9.17) is 17.0 Å². The fraction of sp³-hybridized carbons (Fsp3) is 0.263. The van der Waals surface area contributed by atoms with Crippen LogP contribution in [0.2, 0.25) is 0 Å². The summed E-state index contributed by atoms with van der Waals surface area (Å²) in [6.45, 7) is 2.19. The number of carbonyl (C=O) groups excluding carboxylic acids is 1. The van der Waals surface area contributed by atoms with E-state index in [1.807, 2.05) is 6.07 Å². The van der Waals surface area contributed by atoms with E-state index >= 15 is 0 Å². The van der Waals surface area contributed by atoms with Gasteiger partial charge in [0.25, 0.3) is 0 Å². The van der Waals surface area contributed by atoms with Crippen LogP contribution in [0, 0.1) is 5.92 Å². The zero-order valence-corrected chi connectivity index (χ0v) is 14.7. The molecule has 0 saturated carbocycles. The molecule has 0 fully saturated rings. The molecule has 0 bridgehead atoms. The summed E-state index contributed by atoms with van der Waals surface area (Å²) in [5, 5.41) is 3.05. The van der Waals surface area contributed by atoms with E-state index < -0.39 is 17.7 Å². The van der Waals surface area contributed by atoms with Crippen LogP contribution in [-0.2, 0) is 22.1 Å². The Labute approximate surface area is 154 Å². The maximum Gasteiger partial charge on any atom is 0.416 e. The van der Waals surface area contributed by atoms with Gasteiger partial charge in [0.05, 0.1) is 12.2 Å². The van der Waals surface area contributed by atoms with Gasteiger partial charge in [-0.25, -0.2) is 0 Å². The second kappa shape index (κ2) is 7.07. The number of thiocarbonyl (C=S) groups is 1. The molecule has 136 valence electrons. The maximum atomic E-state index is 12.7. The summed E-state index contributed by atoms with van der Waals surface area (Å²) in [5.41, 5.74) is 2.31. The molecule has 2 aromatic carbocycles. The highest BCUT2D eigenvalue weighted by atomic mass is 32.1. The van der Waals surface area contributed by atoms with Gasteiger partial charge in [-0.1, -0.05) is 18.2 Å². The molecule has 3 nitrogen and oxygen atoms in total. The van der Waals surface area contributed by atoms with E-state index in [-0.39, 0.29) is 11.0 Å². The highest BCUT2D eigenvalue weighted by Crippen LogP contribution is 2.33. The van der Waals surface area contributed by atoms with Crippen LogP contribution in [0.4, 0.5) is 18.9 Å². The van der Waals surface area contributed by atoms with Crippen molar-refractivity contribution in [2.75, 3.05) is 11.9 Å². The molecular formula is C19H16F3NO2S. The van der Waals surface area contributed by atoms with Crippen molar-refractivity contribution in [3.63, 3.8) is 0 Å². The van der Waals surface area contributed by atoms with Crippen LogP contribution in [-0.4, -0.2) is 17.6 Å². The number of fused-ring (bicyclic) bond motifs is 1. The number of anilines is 1. The molecule has 0 saturated heterocycles. The number of carbonyl (C=O) groups is 1. The zero-order valence-electron chi connectivity index (χ0n) is 13.9. The third-order valence-corrected chi connectivity index (χ3v) is 4.62. The molecule has 26 heavy (non-hydrogen) atoms. The molecule has 1 amide bonds. The van der Waals surface area contributed by atoms with E-state index in [1.165, 1.54) is 12.1 Å². The maximum absolute atomic E-state index is 12.7. The molecule has 1 N–H and O–H groups in total. The lowest BCUT2D eigenvalue weighted by Crippen LogP contribution is -2.35. The number of hydrogen-bond acceptors (Lipinski definition) is 3. The third-order valence-electron chi connectivity index (χ3n) is 4.22. The number of nitrogens with one attached hydrogen (secondary N) is 1. The second-order valence-corrected chi connectivity index (χ2v) is 6.35. The lowest BCUT2D eigenvalue weighted by molar-refractivity contribution is -0.137. The molecule has 1 aliphatic rings. The Morgan fingerprint density at radius 3 is 2.46 bits per heavy atom. The van der Waals surface area contributed by atoms with E-state index in [1.54, 1.807) is 19.1 Å². The van der Waals surface area contributed by atoms with Crippen LogP contribution < -0.4 is 5.32 Å². The topological polar surface area (TPSA) is 38.3 Å². The normalized spacial score (nSPS) is 16.6. The predicted octanol–water partition coefficient (Wildman–Crippen LogP) is 4.85. The largest absolute Gasteiger partial charge is 0.486 e. The molecule has 0 aromatic heterocycles. The van der Waals surface area contributed by atoms with Gasteiger partial charge in [0.2, 0.25) is 5.91 Å². The van der Waals surface area contributed by atoms with Gasteiger partial charge in [-0.05, 0) is 66.5 Å². The molecule has 0 spiro atoms. The van der Waals surface area contributed by atoms with Gasteiger partial charge in [0.15, 0.2) is 5.05 Å². The minimum Gasteiger partial charge on any atom is -0.486 e. The van der Waals surface area contributed by atoms with E-state index in [0.717, 1.165) is 23.3 Å². The van der Waals surface area contributed by atoms with Crippen molar-refractivity contribution in [1.82, 2.24) is 0 Å². The van der Waals surface area contributed by atoms with Gasteiger partial charge < -0.3 is 10.1 Å². The highest BCUT2D eigenvalue weighted by Gasteiger charge is 2.31. The Kier molecular flexibility index (Phi) is 5.00. The number of ether oxygens (including phenoxy) is 1. The van der Waals surface area contributed by atoms with E-state index in [2.05, 4.69) is 5.32 Å². The summed E-state index contributed by atoms with van der Waals surface area (Å²) < 4.78 is 43.4. The molecular weight excluding hydrogens is 363 g/mol. The van der Waals surface area contributed by atoms with Crippen molar-refractivity contribution in [3.8, 4) is 11.1 Å². The first-order chi connectivity index (χ1) is 12.3. The van der Waals surface area contributed by atoms with Crippen LogP contribution in [0.5, 0.6) is 0 Å². The summed E-state index contributed by atoms with van der Waals surface area (Å²) in [6.07, 6.45) is -3.96. The fourth-order valence-electron chi connectivity index (χ4n) is 2.88. The Balaban J connectivity index is 1.88. The number of hydrogen-bond donors (Lipinski definition) is 1. The molecule has 1 atom stereocenters. The molecule has 1 heterocycles.